The summed E-state index contributed by atoms with van der Waals surface area (Å²) >= 11 is 0. The average molecular weight is 207 g/mol. The van der Waals surface area contributed by atoms with Gasteiger partial charge in [-0.05, 0) is 38.6 Å². The van der Waals surface area contributed by atoms with Crippen molar-refractivity contribution in [2.24, 2.45) is 5.92 Å². The van der Waals surface area contributed by atoms with Gasteiger partial charge in [-0.3, -0.25) is 0 Å². The summed E-state index contributed by atoms with van der Waals surface area (Å²) in [6.45, 7) is 6.54. The molecule has 0 bridgehead atoms. The molecule has 0 saturated heterocycles. The van der Waals surface area contributed by atoms with Crippen LogP contribution in [0.4, 0.5) is 0 Å². The number of nitrogens with zero attached hydrogens (tertiary/aromatic N) is 2. The van der Waals surface area contributed by atoms with Crippen molar-refractivity contribution in [3.8, 4) is 0 Å². The molecule has 1 heterocycles. The lowest BCUT2D eigenvalue weighted by atomic mass is 10.2. The summed E-state index contributed by atoms with van der Waals surface area (Å²) in [6.07, 6.45) is 7.93. The minimum absolute atomic E-state index is 0.630. The van der Waals surface area contributed by atoms with Gasteiger partial charge >= 0.3 is 0 Å². The Hall–Kier alpha value is -0.830. The molecule has 1 aliphatic rings. The maximum Gasteiger partial charge on any atom is 0.0951 e. The van der Waals surface area contributed by atoms with Crippen molar-refractivity contribution >= 4 is 0 Å². The van der Waals surface area contributed by atoms with E-state index in [1.165, 1.54) is 25.0 Å². The number of hydrogen-bond acceptors (Lipinski definition) is 2. The van der Waals surface area contributed by atoms with Crippen LogP contribution in [0.15, 0.2) is 12.5 Å². The highest BCUT2D eigenvalue weighted by atomic mass is 15.1. The van der Waals surface area contributed by atoms with E-state index in [0.29, 0.717) is 6.04 Å². The Labute approximate surface area is 91.9 Å². The summed E-state index contributed by atoms with van der Waals surface area (Å²) in [4.78, 5) is 4.26. The van der Waals surface area contributed by atoms with Crippen LogP contribution in [-0.2, 0) is 6.54 Å². The Morgan fingerprint density at radius 1 is 1.60 bits per heavy atom. The molecular formula is C12H21N3. The molecule has 1 N–H and O–H groups in total. The van der Waals surface area contributed by atoms with Crippen molar-refractivity contribution < 1.29 is 0 Å². The zero-order chi connectivity index (χ0) is 10.7. The normalized spacial score (nSPS) is 18.0. The van der Waals surface area contributed by atoms with Gasteiger partial charge in [0.15, 0.2) is 0 Å². The monoisotopic (exact) mass is 207 g/mol. The Balaban J connectivity index is 1.94. The topological polar surface area (TPSA) is 29.9 Å². The summed E-state index contributed by atoms with van der Waals surface area (Å²) < 4.78 is 2.33. The van der Waals surface area contributed by atoms with Crippen LogP contribution in [-0.4, -0.2) is 16.1 Å². The molecule has 1 aromatic heterocycles. The summed E-state index contributed by atoms with van der Waals surface area (Å²) in [5.41, 5.74) is 1.32. The number of aromatic nitrogens is 2. The molecule has 3 heteroatoms. The molecule has 1 fully saturated rings. The first-order valence-electron chi connectivity index (χ1n) is 6.04. The molecule has 1 unspecified atom stereocenters. The number of imidazole rings is 1. The molecular weight excluding hydrogens is 186 g/mol. The predicted octanol–water partition coefficient (Wildman–Crippen LogP) is 2.35. The van der Waals surface area contributed by atoms with E-state index < -0.39 is 0 Å². The van der Waals surface area contributed by atoms with E-state index in [1.54, 1.807) is 0 Å². The quantitative estimate of drug-likeness (QED) is 0.726. The Morgan fingerprint density at radius 2 is 2.40 bits per heavy atom. The lowest BCUT2D eigenvalue weighted by Crippen LogP contribution is -2.18. The highest BCUT2D eigenvalue weighted by Gasteiger charge is 2.29. The first kappa shape index (κ1) is 10.7. The second-order valence-corrected chi connectivity index (χ2v) is 4.55. The number of nitrogens with one attached hydrogen (secondary N) is 1. The maximum absolute atomic E-state index is 4.26. The smallest absolute Gasteiger partial charge is 0.0951 e. The zero-order valence-corrected chi connectivity index (χ0v) is 9.74. The number of rotatable bonds is 6. The van der Waals surface area contributed by atoms with Crippen molar-refractivity contribution in [1.29, 1.82) is 0 Å². The maximum atomic E-state index is 4.26. The van der Waals surface area contributed by atoms with Crippen molar-refractivity contribution in [1.82, 2.24) is 14.9 Å². The van der Waals surface area contributed by atoms with Crippen LogP contribution in [0, 0.1) is 5.92 Å². The first-order chi connectivity index (χ1) is 7.33. The van der Waals surface area contributed by atoms with E-state index in [1.807, 2.05) is 12.5 Å². The fourth-order valence-corrected chi connectivity index (χ4v) is 2.03. The molecule has 0 aromatic carbocycles. The summed E-state index contributed by atoms with van der Waals surface area (Å²) in [5.74, 6) is 0.893. The number of hydrogen-bond donors (Lipinski definition) is 1. The van der Waals surface area contributed by atoms with Crippen LogP contribution in [0.5, 0.6) is 0 Å². The highest BCUT2D eigenvalue weighted by Crippen LogP contribution is 2.39. The van der Waals surface area contributed by atoms with Crippen LogP contribution in [0.25, 0.3) is 0 Å². The van der Waals surface area contributed by atoms with E-state index in [9.17, 15) is 0 Å². The van der Waals surface area contributed by atoms with E-state index in [2.05, 4.69) is 28.7 Å². The van der Waals surface area contributed by atoms with E-state index in [-0.39, 0.29) is 0 Å². The third-order valence-electron chi connectivity index (χ3n) is 3.22. The van der Waals surface area contributed by atoms with Crippen molar-refractivity contribution in [3.05, 3.63) is 18.2 Å². The van der Waals surface area contributed by atoms with Gasteiger partial charge in [0.1, 0.15) is 0 Å². The lowest BCUT2D eigenvalue weighted by Gasteiger charge is -2.16. The van der Waals surface area contributed by atoms with Crippen molar-refractivity contribution in [2.45, 2.75) is 45.7 Å². The Morgan fingerprint density at radius 3 is 3.07 bits per heavy atom. The standard InChI is InChI=1S/C12H21N3/c1-3-6-13-7-12-8-14-9-15(12)10(2)11-4-5-11/h8-11,13H,3-7H2,1-2H3. The molecule has 0 radical (unpaired) electrons. The van der Waals surface area contributed by atoms with Gasteiger partial charge in [-0.25, -0.2) is 4.98 Å². The van der Waals surface area contributed by atoms with Crippen LogP contribution in [0.2, 0.25) is 0 Å². The summed E-state index contributed by atoms with van der Waals surface area (Å²) in [7, 11) is 0. The van der Waals surface area contributed by atoms with E-state index in [0.717, 1.165) is 19.0 Å². The van der Waals surface area contributed by atoms with Gasteiger partial charge in [0.05, 0.1) is 12.0 Å². The molecule has 1 saturated carbocycles. The molecule has 0 spiro atoms. The molecule has 1 atom stereocenters. The molecule has 15 heavy (non-hydrogen) atoms. The first-order valence-corrected chi connectivity index (χ1v) is 6.04. The van der Waals surface area contributed by atoms with Gasteiger partial charge in [-0.1, -0.05) is 6.92 Å². The second kappa shape index (κ2) is 4.79. The van der Waals surface area contributed by atoms with Crippen LogP contribution >= 0.6 is 0 Å². The minimum Gasteiger partial charge on any atom is -0.330 e. The second-order valence-electron chi connectivity index (χ2n) is 4.55. The molecule has 0 amide bonds. The molecule has 2 rings (SSSR count). The Kier molecular flexibility index (Phi) is 3.41. The van der Waals surface area contributed by atoms with Gasteiger partial charge in [-0.15, -0.1) is 0 Å². The van der Waals surface area contributed by atoms with E-state index >= 15 is 0 Å². The fourth-order valence-electron chi connectivity index (χ4n) is 2.03. The van der Waals surface area contributed by atoms with Crippen molar-refractivity contribution in [2.75, 3.05) is 6.54 Å². The summed E-state index contributed by atoms with van der Waals surface area (Å²) in [6, 6.07) is 0.630. The van der Waals surface area contributed by atoms with E-state index in [4.69, 9.17) is 0 Å². The Bertz CT molecular complexity index is 302. The highest BCUT2D eigenvalue weighted by molar-refractivity contribution is 5.01. The lowest BCUT2D eigenvalue weighted by molar-refractivity contribution is 0.462. The van der Waals surface area contributed by atoms with Gasteiger partial charge in [0.2, 0.25) is 0 Å². The average Bonchev–Trinajstić information content (AvgIpc) is 2.98. The SMILES string of the molecule is CCCNCc1cncn1C(C)C1CC1. The molecule has 0 aliphatic heterocycles. The van der Waals surface area contributed by atoms with Gasteiger partial charge < -0.3 is 9.88 Å². The molecule has 1 aliphatic carbocycles. The fraction of sp³-hybridized carbons (Fsp3) is 0.750. The van der Waals surface area contributed by atoms with Crippen LogP contribution < -0.4 is 5.32 Å². The van der Waals surface area contributed by atoms with Crippen molar-refractivity contribution in [3.63, 3.8) is 0 Å². The molecule has 3 nitrogen and oxygen atoms in total. The molecule has 1 aromatic rings. The van der Waals surface area contributed by atoms with Gasteiger partial charge in [0.25, 0.3) is 0 Å². The van der Waals surface area contributed by atoms with Crippen LogP contribution in [0.1, 0.15) is 44.8 Å². The van der Waals surface area contributed by atoms with Gasteiger partial charge in [0, 0.05) is 18.8 Å². The predicted molar refractivity (Wildman–Crippen MR) is 61.7 cm³/mol. The third kappa shape index (κ3) is 2.59. The van der Waals surface area contributed by atoms with Crippen LogP contribution in [0.3, 0.4) is 0 Å². The third-order valence-corrected chi connectivity index (χ3v) is 3.22. The van der Waals surface area contributed by atoms with Gasteiger partial charge in [-0.2, -0.15) is 0 Å². The summed E-state index contributed by atoms with van der Waals surface area (Å²) in [5, 5.41) is 3.43. The molecule has 84 valence electrons. The minimum atomic E-state index is 0.630. The zero-order valence-electron chi connectivity index (χ0n) is 9.74. The largest absolute Gasteiger partial charge is 0.330 e.